The number of amides is 1. The van der Waals surface area contributed by atoms with Crippen LogP contribution in [0.3, 0.4) is 0 Å². The van der Waals surface area contributed by atoms with Gasteiger partial charge in [-0.25, -0.2) is 9.97 Å². The van der Waals surface area contributed by atoms with E-state index in [-0.39, 0.29) is 5.91 Å². The molecule has 1 heterocycles. The second kappa shape index (κ2) is 8.18. The predicted molar refractivity (Wildman–Crippen MR) is 109 cm³/mol. The Labute approximate surface area is 163 Å². The van der Waals surface area contributed by atoms with Crippen LogP contribution in [-0.2, 0) is 6.54 Å². The van der Waals surface area contributed by atoms with Gasteiger partial charge in [-0.15, -0.1) is 0 Å². The second-order valence-corrected chi connectivity index (χ2v) is 6.76. The van der Waals surface area contributed by atoms with Crippen LogP contribution in [-0.4, -0.2) is 15.9 Å². The number of aromatic nitrogens is 2. The summed E-state index contributed by atoms with van der Waals surface area (Å²) >= 11 is 6.19. The van der Waals surface area contributed by atoms with Gasteiger partial charge in [0, 0.05) is 23.3 Å². The van der Waals surface area contributed by atoms with Gasteiger partial charge in [0.15, 0.2) is 0 Å². The van der Waals surface area contributed by atoms with Crippen LogP contribution in [0.25, 0.3) is 0 Å². The molecule has 2 N–H and O–H groups in total. The molecule has 138 valence electrons. The van der Waals surface area contributed by atoms with Crippen LogP contribution in [0.5, 0.6) is 0 Å². The molecule has 0 atom stereocenters. The molecule has 0 aliphatic carbocycles. The van der Waals surface area contributed by atoms with E-state index >= 15 is 0 Å². The molecule has 0 saturated carbocycles. The summed E-state index contributed by atoms with van der Waals surface area (Å²) in [6.45, 7) is 6.19. The number of hydrogen-bond acceptors (Lipinski definition) is 4. The molecule has 0 bridgehead atoms. The van der Waals surface area contributed by atoms with Crippen molar-refractivity contribution in [2.24, 2.45) is 0 Å². The Morgan fingerprint density at radius 2 is 1.70 bits per heavy atom. The zero-order chi connectivity index (χ0) is 19.4. The second-order valence-electron chi connectivity index (χ2n) is 6.35. The Balaban J connectivity index is 1.78. The third kappa shape index (κ3) is 4.63. The first kappa shape index (κ1) is 18.9. The van der Waals surface area contributed by atoms with Gasteiger partial charge in [-0.2, -0.15) is 0 Å². The molecule has 0 saturated heterocycles. The van der Waals surface area contributed by atoms with E-state index in [1.807, 2.05) is 56.3 Å². The number of halogens is 1. The number of aryl methyl sites for hydroxylation is 3. The highest BCUT2D eigenvalue weighted by Crippen LogP contribution is 2.21. The molecule has 0 radical (unpaired) electrons. The third-order valence-corrected chi connectivity index (χ3v) is 4.58. The molecule has 6 heteroatoms. The summed E-state index contributed by atoms with van der Waals surface area (Å²) in [6, 6.07) is 15.1. The lowest BCUT2D eigenvalue weighted by Gasteiger charge is -2.12. The Morgan fingerprint density at radius 1 is 1.00 bits per heavy atom. The van der Waals surface area contributed by atoms with Gasteiger partial charge in [0.25, 0.3) is 5.91 Å². The Morgan fingerprint density at radius 3 is 2.41 bits per heavy atom. The minimum atomic E-state index is -0.265. The van der Waals surface area contributed by atoms with E-state index in [0.717, 1.165) is 22.4 Å². The molecule has 2 aromatic carbocycles. The molecule has 0 unspecified atom stereocenters. The van der Waals surface area contributed by atoms with E-state index in [0.29, 0.717) is 28.9 Å². The summed E-state index contributed by atoms with van der Waals surface area (Å²) in [6.07, 6.45) is 0. The van der Waals surface area contributed by atoms with Crippen LogP contribution in [0.15, 0.2) is 48.5 Å². The average molecular weight is 381 g/mol. The van der Waals surface area contributed by atoms with Gasteiger partial charge < -0.3 is 10.6 Å². The topological polar surface area (TPSA) is 66.9 Å². The van der Waals surface area contributed by atoms with E-state index in [1.165, 1.54) is 0 Å². The first-order valence-electron chi connectivity index (χ1n) is 8.64. The fraction of sp³-hybridized carbons (Fsp3) is 0.190. The molecule has 3 aromatic rings. The van der Waals surface area contributed by atoms with Crippen LogP contribution >= 0.6 is 11.6 Å². The van der Waals surface area contributed by atoms with Gasteiger partial charge >= 0.3 is 0 Å². The van der Waals surface area contributed by atoms with E-state index < -0.39 is 0 Å². The van der Waals surface area contributed by atoms with Crippen molar-refractivity contribution < 1.29 is 4.79 Å². The van der Waals surface area contributed by atoms with E-state index in [2.05, 4.69) is 20.6 Å². The van der Waals surface area contributed by atoms with Gasteiger partial charge in [0.1, 0.15) is 17.3 Å². The van der Waals surface area contributed by atoms with Crippen molar-refractivity contribution in [2.45, 2.75) is 27.3 Å². The first-order valence-corrected chi connectivity index (χ1v) is 9.02. The molecule has 0 spiro atoms. The quantitative estimate of drug-likeness (QED) is 0.659. The first-order chi connectivity index (χ1) is 12.9. The average Bonchev–Trinajstić information content (AvgIpc) is 2.63. The van der Waals surface area contributed by atoms with Gasteiger partial charge in [0.05, 0.1) is 0 Å². The molecule has 27 heavy (non-hydrogen) atoms. The summed E-state index contributed by atoms with van der Waals surface area (Å²) in [5, 5.41) is 6.85. The van der Waals surface area contributed by atoms with Gasteiger partial charge in [-0.3, -0.25) is 4.79 Å². The standard InChI is InChI=1S/C21H21ClN4O/c1-13-7-6-8-14(2)20(13)26-21(27)18-11-19(25-15(3)24-18)23-12-16-9-4-5-10-17(16)22/h4-11H,12H2,1-3H3,(H,26,27)(H,23,24,25). The molecular formula is C21H21ClN4O. The molecule has 5 nitrogen and oxygen atoms in total. The highest BCUT2D eigenvalue weighted by Gasteiger charge is 2.13. The number of nitrogens with one attached hydrogen (secondary N) is 2. The third-order valence-electron chi connectivity index (χ3n) is 4.21. The van der Waals surface area contributed by atoms with Crippen molar-refractivity contribution in [2.75, 3.05) is 10.6 Å². The Hall–Kier alpha value is -2.92. The summed E-state index contributed by atoms with van der Waals surface area (Å²) in [5.74, 6) is 0.832. The van der Waals surface area contributed by atoms with E-state index in [1.54, 1.807) is 13.0 Å². The fourth-order valence-corrected chi connectivity index (χ4v) is 2.99. The molecule has 1 amide bonds. The number of carbonyl (C=O) groups is 1. The maximum Gasteiger partial charge on any atom is 0.274 e. The van der Waals surface area contributed by atoms with Gasteiger partial charge in [-0.05, 0) is 43.5 Å². The SMILES string of the molecule is Cc1nc(NCc2ccccc2Cl)cc(C(=O)Nc2c(C)cccc2C)n1. The molecule has 0 fully saturated rings. The van der Waals surface area contributed by atoms with Crippen molar-refractivity contribution >= 4 is 29.0 Å². The summed E-state index contributed by atoms with van der Waals surface area (Å²) < 4.78 is 0. The summed E-state index contributed by atoms with van der Waals surface area (Å²) in [4.78, 5) is 21.3. The maximum absolute atomic E-state index is 12.7. The monoisotopic (exact) mass is 380 g/mol. The molecular weight excluding hydrogens is 360 g/mol. The van der Waals surface area contributed by atoms with Crippen LogP contribution in [0.1, 0.15) is 33.0 Å². The maximum atomic E-state index is 12.7. The number of para-hydroxylation sites is 1. The van der Waals surface area contributed by atoms with Crippen molar-refractivity contribution in [3.8, 4) is 0 Å². The van der Waals surface area contributed by atoms with E-state index in [9.17, 15) is 4.79 Å². The highest BCUT2D eigenvalue weighted by atomic mass is 35.5. The highest BCUT2D eigenvalue weighted by molar-refractivity contribution is 6.31. The number of carbonyl (C=O) groups excluding carboxylic acids is 1. The normalized spacial score (nSPS) is 10.5. The largest absolute Gasteiger partial charge is 0.366 e. The van der Waals surface area contributed by atoms with Crippen molar-refractivity contribution in [1.29, 1.82) is 0 Å². The molecule has 1 aromatic heterocycles. The van der Waals surface area contributed by atoms with Crippen LogP contribution in [0.4, 0.5) is 11.5 Å². The lowest BCUT2D eigenvalue weighted by Crippen LogP contribution is -2.17. The zero-order valence-electron chi connectivity index (χ0n) is 15.5. The van der Waals surface area contributed by atoms with Crippen LogP contribution in [0, 0.1) is 20.8 Å². The predicted octanol–water partition coefficient (Wildman–Crippen LogP) is 4.92. The molecule has 0 aliphatic heterocycles. The number of anilines is 2. The summed E-state index contributed by atoms with van der Waals surface area (Å²) in [7, 11) is 0. The number of benzene rings is 2. The smallest absolute Gasteiger partial charge is 0.274 e. The minimum Gasteiger partial charge on any atom is -0.366 e. The number of rotatable bonds is 5. The number of nitrogens with zero attached hydrogens (tertiary/aromatic N) is 2. The fourth-order valence-electron chi connectivity index (χ4n) is 2.79. The minimum absolute atomic E-state index is 0.265. The van der Waals surface area contributed by atoms with E-state index in [4.69, 9.17) is 11.6 Å². The zero-order valence-corrected chi connectivity index (χ0v) is 16.3. The van der Waals surface area contributed by atoms with Crippen LogP contribution < -0.4 is 10.6 Å². The molecule has 3 rings (SSSR count). The summed E-state index contributed by atoms with van der Waals surface area (Å²) in [5.41, 5.74) is 4.09. The Kier molecular flexibility index (Phi) is 5.72. The van der Waals surface area contributed by atoms with Crippen molar-refractivity contribution in [3.05, 3.63) is 81.8 Å². The Bertz CT molecular complexity index is 967. The lowest BCUT2D eigenvalue weighted by atomic mass is 10.1. The lowest BCUT2D eigenvalue weighted by molar-refractivity contribution is 0.102. The van der Waals surface area contributed by atoms with Gasteiger partial charge in [0.2, 0.25) is 0 Å². The number of hydrogen-bond donors (Lipinski definition) is 2. The van der Waals surface area contributed by atoms with Crippen molar-refractivity contribution in [3.63, 3.8) is 0 Å². The molecule has 0 aliphatic rings. The van der Waals surface area contributed by atoms with Gasteiger partial charge in [-0.1, -0.05) is 48.0 Å². The van der Waals surface area contributed by atoms with Crippen molar-refractivity contribution in [1.82, 2.24) is 9.97 Å². The van der Waals surface area contributed by atoms with Crippen LogP contribution in [0.2, 0.25) is 5.02 Å².